The molecule has 0 aliphatic heterocycles. The second-order valence-corrected chi connectivity index (χ2v) is 7.50. The third kappa shape index (κ3) is 4.18. The first kappa shape index (κ1) is 17.0. The van der Waals surface area contributed by atoms with Gasteiger partial charge in [0.1, 0.15) is 0 Å². The van der Waals surface area contributed by atoms with Gasteiger partial charge in [0.25, 0.3) is 5.91 Å². The van der Waals surface area contributed by atoms with Crippen molar-refractivity contribution in [3.05, 3.63) is 71.9 Å². The molecule has 0 atom stereocenters. The molecule has 3 nitrogen and oxygen atoms in total. The smallest absolute Gasteiger partial charge is 0.255 e. The molecule has 3 heteroatoms. The van der Waals surface area contributed by atoms with Gasteiger partial charge in [0.05, 0.1) is 0 Å². The summed E-state index contributed by atoms with van der Waals surface area (Å²) in [6.07, 6.45) is 4.14. The predicted octanol–water partition coefficient (Wildman–Crippen LogP) is 5.87. The van der Waals surface area contributed by atoms with Crippen molar-refractivity contribution in [2.75, 3.05) is 5.32 Å². The van der Waals surface area contributed by atoms with Gasteiger partial charge in [0.2, 0.25) is 0 Å². The lowest BCUT2D eigenvalue weighted by molar-refractivity contribution is 0.102. The normalized spacial score (nSPS) is 12.4. The van der Waals surface area contributed by atoms with E-state index in [9.17, 15) is 4.79 Å². The molecule has 2 aromatic carbocycles. The number of amides is 1. The zero-order valence-electron chi connectivity index (χ0n) is 15.2. The molecule has 3 aromatic rings. The maximum absolute atomic E-state index is 12.5. The Morgan fingerprint density at radius 2 is 1.68 bits per heavy atom. The van der Waals surface area contributed by atoms with Crippen molar-refractivity contribution in [2.45, 2.75) is 27.7 Å². The number of benzene rings is 2. The summed E-state index contributed by atoms with van der Waals surface area (Å²) in [5.41, 5.74) is 5.00. The number of hydrogen-bond acceptors (Lipinski definition) is 1. The molecule has 0 unspecified atom stereocenters. The molecule has 0 fully saturated rings. The van der Waals surface area contributed by atoms with Crippen molar-refractivity contribution in [3.8, 4) is 0 Å². The van der Waals surface area contributed by atoms with Crippen LogP contribution in [-0.4, -0.2) is 10.9 Å². The van der Waals surface area contributed by atoms with Gasteiger partial charge in [-0.3, -0.25) is 4.79 Å². The molecular weight excluding hydrogens is 308 g/mol. The minimum absolute atomic E-state index is 0.0983. The van der Waals surface area contributed by atoms with E-state index in [0.717, 1.165) is 22.2 Å². The van der Waals surface area contributed by atoms with Crippen molar-refractivity contribution in [3.63, 3.8) is 0 Å². The van der Waals surface area contributed by atoms with Crippen LogP contribution in [-0.2, 0) is 0 Å². The van der Waals surface area contributed by atoms with E-state index >= 15 is 0 Å². The average molecular weight is 332 g/mol. The van der Waals surface area contributed by atoms with Crippen molar-refractivity contribution in [1.82, 2.24) is 4.98 Å². The minimum Gasteiger partial charge on any atom is -0.361 e. The van der Waals surface area contributed by atoms with E-state index in [-0.39, 0.29) is 11.3 Å². The van der Waals surface area contributed by atoms with Gasteiger partial charge in [-0.25, -0.2) is 0 Å². The second-order valence-electron chi connectivity index (χ2n) is 7.50. The average Bonchev–Trinajstić information content (AvgIpc) is 3.01. The van der Waals surface area contributed by atoms with Crippen LogP contribution in [0.3, 0.4) is 0 Å². The lowest BCUT2D eigenvalue weighted by Gasteiger charge is -2.14. The number of fused-ring (bicyclic) bond motifs is 1. The first-order valence-corrected chi connectivity index (χ1v) is 8.50. The van der Waals surface area contributed by atoms with E-state index in [1.165, 1.54) is 5.57 Å². The van der Waals surface area contributed by atoms with Crippen molar-refractivity contribution < 1.29 is 4.79 Å². The first-order chi connectivity index (χ1) is 11.8. The van der Waals surface area contributed by atoms with Gasteiger partial charge >= 0.3 is 0 Å². The molecule has 3 rings (SSSR count). The quantitative estimate of drug-likeness (QED) is 0.619. The highest BCUT2D eigenvalue weighted by molar-refractivity contribution is 6.05. The Morgan fingerprint density at radius 1 is 1.00 bits per heavy atom. The highest BCUT2D eigenvalue weighted by Gasteiger charge is 2.09. The van der Waals surface area contributed by atoms with E-state index < -0.39 is 0 Å². The van der Waals surface area contributed by atoms with Crippen LogP contribution >= 0.6 is 0 Å². The summed E-state index contributed by atoms with van der Waals surface area (Å²) in [6, 6.07) is 15.6. The number of aromatic nitrogens is 1. The number of anilines is 1. The largest absolute Gasteiger partial charge is 0.361 e. The molecule has 1 aromatic heterocycles. The fourth-order valence-electron chi connectivity index (χ4n) is 2.95. The molecule has 128 valence electrons. The molecule has 1 heterocycles. The van der Waals surface area contributed by atoms with Crippen LogP contribution < -0.4 is 5.32 Å². The number of allylic oxidation sites excluding steroid dienone is 2. The van der Waals surface area contributed by atoms with E-state index in [1.807, 2.05) is 54.7 Å². The standard InChI is InChI=1S/C22H24N2O/c1-15(14-22(2,3)4)16-5-7-17(8-6-16)21(25)24-19-9-10-20-18(13-19)11-12-23-20/h5-14,23H,1-4H3,(H,24,25)/b15-14-. The van der Waals surface area contributed by atoms with Crippen LogP contribution in [0.15, 0.2) is 60.8 Å². The highest BCUT2D eigenvalue weighted by Crippen LogP contribution is 2.24. The van der Waals surface area contributed by atoms with Crippen LogP contribution in [0.4, 0.5) is 5.69 Å². The number of aromatic amines is 1. The van der Waals surface area contributed by atoms with Crippen LogP contribution in [0.5, 0.6) is 0 Å². The maximum Gasteiger partial charge on any atom is 0.255 e. The fourth-order valence-corrected chi connectivity index (χ4v) is 2.95. The Labute approximate surface area is 148 Å². The van der Waals surface area contributed by atoms with Crippen LogP contribution in [0.2, 0.25) is 0 Å². The summed E-state index contributed by atoms with van der Waals surface area (Å²) < 4.78 is 0. The maximum atomic E-state index is 12.5. The monoisotopic (exact) mass is 332 g/mol. The predicted molar refractivity (Wildman–Crippen MR) is 106 cm³/mol. The van der Waals surface area contributed by atoms with Crippen LogP contribution in [0, 0.1) is 5.41 Å². The molecular formula is C22H24N2O. The summed E-state index contributed by atoms with van der Waals surface area (Å²) in [5.74, 6) is -0.0983. The Kier molecular flexibility index (Phi) is 4.49. The van der Waals surface area contributed by atoms with Crippen molar-refractivity contribution >= 4 is 28.1 Å². The molecule has 1 amide bonds. The van der Waals surface area contributed by atoms with Gasteiger partial charge in [-0.1, -0.05) is 39.0 Å². The van der Waals surface area contributed by atoms with Crippen LogP contribution in [0.1, 0.15) is 43.6 Å². The zero-order chi connectivity index (χ0) is 18.0. The SMILES string of the molecule is C/C(=C/C(C)(C)C)c1ccc(C(=O)Nc2ccc3[nH]ccc3c2)cc1. The first-order valence-electron chi connectivity index (χ1n) is 8.50. The Hall–Kier alpha value is -2.81. The fraction of sp³-hybridized carbons (Fsp3) is 0.227. The number of rotatable bonds is 3. The second kappa shape index (κ2) is 6.60. The Bertz CT molecular complexity index is 925. The van der Waals surface area contributed by atoms with E-state index in [4.69, 9.17) is 0 Å². The van der Waals surface area contributed by atoms with Gasteiger partial charge in [-0.05, 0) is 59.9 Å². The third-order valence-corrected chi connectivity index (χ3v) is 4.06. The lowest BCUT2D eigenvalue weighted by atomic mass is 9.91. The minimum atomic E-state index is -0.0983. The molecule has 25 heavy (non-hydrogen) atoms. The Balaban J connectivity index is 1.75. The van der Waals surface area contributed by atoms with Crippen LogP contribution in [0.25, 0.3) is 16.5 Å². The van der Waals surface area contributed by atoms with E-state index in [0.29, 0.717) is 5.56 Å². The number of carbonyl (C=O) groups excluding carboxylic acids is 1. The van der Waals surface area contributed by atoms with Gasteiger partial charge in [0.15, 0.2) is 0 Å². The molecule has 0 saturated heterocycles. The number of hydrogen-bond donors (Lipinski definition) is 2. The van der Waals surface area contributed by atoms with Gasteiger partial charge in [0, 0.05) is 28.4 Å². The molecule has 0 bridgehead atoms. The zero-order valence-corrected chi connectivity index (χ0v) is 15.2. The van der Waals surface area contributed by atoms with E-state index in [1.54, 1.807) is 0 Å². The summed E-state index contributed by atoms with van der Waals surface area (Å²) in [4.78, 5) is 15.6. The van der Waals surface area contributed by atoms with Gasteiger partial charge in [-0.15, -0.1) is 0 Å². The molecule has 0 saturated carbocycles. The highest BCUT2D eigenvalue weighted by atomic mass is 16.1. The molecule has 0 aliphatic carbocycles. The van der Waals surface area contributed by atoms with E-state index in [2.05, 4.69) is 44.1 Å². The topological polar surface area (TPSA) is 44.9 Å². The number of carbonyl (C=O) groups is 1. The summed E-state index contributed by atoms with van der Waals surface area (Å²) in [6.45, 7) is 8.64. The summed E-state index contributed by atoms with van der Waals surface area (Å²) in [5, 5.41) is 4.04. The molecule has 0 spiro atoms. The molecule has 2 N–H and O–H groups in total. The molecule has 0 aliphatic rings. The third-order valence-electron chi connectivity index (χ3n) is 4.06. The summed E-state index contributed by atoms with van der Waals surface area (Å²) in [7, 11) is 0. The number of H-pyrrole nitrogens is 1. The van der Waals surface area contributed by atoms with Gasteiger partial charge < -0.3 is 10.3 Å². The molecule has 0 radical (unpaired) electrons. The number of nitrogens with one attached hydrogen (secondary N) is 2. The van der Waals surface area contributed by atoms with Crippen molar-refractivity contribution in [1.29, 1.82) is 0 Å². The van der Waals surface area contributed by atoms with Gasteiger partial charge in [-0.2, -0.15) is 0 Å². The van der Waals surface area contributed by atoms with Crippen molar-refractivity contribution in [2.24, 2.45) is 5.41 Å². The summed E-state index contributed by atoms with van der Waals surface area (Å²) >= 11 is 0. The lowest BCUT2D eigenvalue weighted by Crippen LogP contribution is -2.11. The Morgan fingerprint density at radius 3 is 2.36 bits per heavy atom.